The van der Waals surface area contributed by atoms with E-state index in [1.807, 2.05) is 26.2 Å². The summed E-state index contributed by atoms with van der Waals surface area (Å²) in [7, 11) is 0. The molecule has 0 spiro atoms. The van der Waals surface area contributed by atoms with Crippen LogP contribution in [0.4, 0.5) is 5.82 Å². The Kier molecular flexibility index (Phi) is 3.15. The standard InChI is InChI=1S/C16H21N5/c1-10-6-17-11(2)19-14(10)21-8-12-7-18-15(16(3,4)5)20-13(12)9-21/h6-7H,8-9H2,1-5H3. The lowest BCUT2D eigenvalue weighted by molar-refractivity contribution is 0.541. The first-order valence-electron chi connectivity index (χ1n) is 7.25. The fraction of sp³-hybridized carbons (Fsp3) is 0.500. The second kappa shape index (κ2) is 4.76. The maximum Gasteiger partial charge on any atom is 0.135 e. The number of aromatic nitrogens is 4. The lowest BCUT2D eigenvalue weighted by Gasteiger charge is -2.18. The minimum absolute atomic E-state index is 0.0239. The summed E-state index contributed by atoms with van der Waals surface area (Å²) in [5, 5.41) is 0. The normalized spacial score (nSPS) is 14.4. The van der Waals surface area contributed by atoms with Crippen LogP contribution in [0.1, 0.15) is 49.2 Å². The van der Waals surface area contributed by atoms with E-state index < -0.39 is 0 Å². The number of nitrogens with zero attached hydrogens (tertiary/aromatic N) is 5. The highest BCUT2D eigenvalue weighted by atomic mass is 15.2. The van der Waals surface area contributed by atoms with Gasteiger partial charge in [0.15, 0.2) is 0 Å². The number of fused-ring (bicyclic) bond motifs is 1. The molecule has 0 N–H and O–H groups in total. The lowest BCUT2D eigenvalue weighted by Crippen LogP contribution is -2.18. The molecule has 21 heavy (non-hydrogen) atoms. The highest BCUT2D eigenvalue weighted by Crippen LogP contribution is 2.29. The van der Waals surface area contributed by atoms with Gasteiger partial charge in [-0.3, -0.25) is 0 Å². The number of anilines is 1. The van der Waals surface area contributed by atoms with Crippen LogP contribution in [0.25, 0.3) is 0 Å². The van der Waals surface area contributed by atoms with Gasteiger partial charge >= 0.3 is 0 Å². The van der Waals surface area contributed by atoms with Gasteiger partial charge in [0, 0.05) is 35.5 Å². The molecule has 0 saturated heterocycles. The molecule has 5 nitrogen and oxygen atoms in total. The summed E-state index contributed by atoms with van der Waals surface area (Å²) in [5.41, 5.74) is 3.38. The van der Waals surface area contributed by atoms with E-state index in [2.05, 4.69) is 40.6 Å². The van der Waals surface area contributed by atoms with Gasteiger partial charge in [0.25, 0.3) is 0 Å². The topological polar surface area (TPSA) is 54.8 Å². The maximum absolute atomic E-state index is 4.76. The predicted molar refractivity (Wildman–Crippen MR) is 82.1 cm³/mol. The van der Waals surface area contributed by atoms with E-state index in [0.29, 0.717) is 0 Å². The molecular formula is C16H21N5. The first-order valence-corrected chi connectivity index (χ1v) is 7.25. The average Bonchev–Trinajstić information content (AvgIpc) is 2.83. The number of aryl methyl sites for hydroxylation is 2. The Morgan fingerprint density at radius 2 is 1.76 bits per heavy atom. The van der Waals surface area contributed by atoms with Crippen LogP contribution in [-0.2, 0) is 18.5 Å². The molecule has 0 fully saturated rings. The summed E-state index contributed by atoms with van der Waals surface area (Å²) in [6.45, 7) is 12.0. The van der Waals surface area contributed by atoms with Crippen LogP contribution < -0.4 is 4.90 Å². The molecule has 0 unspecified atom stereocenters. The summed E-state index contributed by atoms with van der Waals surface area (Å²) in [5.74, 6) is 2.70. The third kappa shape index (κ3) is 2.60. The summed E-state index contributed by atoms with van der Waals surface area (Å²) in [6, 6.07) is 0. The zero-order valence-electron chi connectivity index (χ0n) is 13.3. The number of hydrogen-bond donors (Lipinski definition) is 0. The molecule has 1 aliphatic heterocycles. The Balaban J connectivity index is 1.93. The summed E-state index contributed by atoms with van der Waals surface area (Å²) < 4.78 is 0. The molecular weight excluding hydrogens is 262 g/mol. The Morgan fingerprint density at radius 3 is 2.48 bits per heavy atom. The number of hydrogen-bond acceptors (Lipinski definition) is 5. The van der Waals surface area contributed by atoms with Gasteiger partial charge in [0.1, 0.15) is 17.5 Å². The Labute approximate surface area is 125 Å². The van der Waals surface area contributed by atoms with Crippen molar-refractivity contribution < 1.29 is 0 Å². The lowest BCUT2D eigenvalue weighted by atomic mass is 9.95. The first kappa shape index (κ1) is 13.9. The monoisotopic (exact) mass is 283 g/mol. The Bertz CT molecular complexity index is 688. The van der Waals surface area contributed by atoms with Crippen LogP contribution in [0.2, 0.25) is 0 Å². The quantitative estimate of drug-likeness (QED) is 0.805. The Hall–Kier alpha value is -2.04. The van der Waals surface area contributed by atoms with Crippen molar-refractivity contribution in [2.45, 2.75) is 53.1 Å². The summed E-state index contributed by atoms with van der Waals surface area (Å²) in [6.07, 6.45) is 3.85. The van der Waals surface area contributed by atoms with E-state index in [4.69, 9.17) is 4.98 Å². The smallest absolute Gasteiger partial charge is 0.135 e. The van der Waals surface area contributed by atoms with Crippen LogP contribution in [-0.4, -0.2) is 19.9 Å². The molecule has 0 bridgehead atoms. The average molecular weight is 283 g/mol. The van der Waals surface area contributed by atoms with Crippen LogP contribution in [0, 0.1) is 13.8 Å². The van der Waals surface area contributed by atoms with Gasteiger partial charge in [-0.15, -0.1) is 0 Å². The minimum atomic E-state index is -0.0239. The summed E-state index contributed by atoms with van der Waals surface area (Å²) in [4.78, 5) is 20.3. The zero-order chi connectivity index (χ0) is 15.2. The van der Waals surface area contributed by atoms with Gasteiger partial charge in [-0.1, -0.05) is 20.8 Å². The molecule has 0 amide bonds. The maximum atomic E-state index is 4.76. The fourth-order valence-electron chi connectivity index (χ4n) is 2.50. The van der Waals surface area contributed by atoms with Crippen molar-refractivity contribution >= 4 is 5.82 Å². The van der Waals surface area contributed by atoms with Gasteiger partial charge in [-0.25, -0.2) is 19.9 Å². The molecule has 0 aromatic carbocycles. The van der Waals surface area contributed by atoms with Crippen LogP contribution in [0.15, 0.2) is 12.4 Å². The molecule has 0 aliphatic carbocycles. The predicted octanol–water partition coefficient (Wildman–Crippen LogP) is 2.70. The van der Waals surface area contributed by atoms with Gasteiger partial charge in [0.2, 0.25) is 0 Å². The molecule has 1 aliphatic rings. The van der Waals surface area contributed by atoms with Gasteiger partial charge in [-0.2, -0.15) is 0 Å². The number of rotatable bonds is 1. The minimum Gasteiger partial charge on any atom is -0.346 e. The van der Waals surface area contributed by atoms with E-state index >= 15 is 0 Å². The van der Waals surface area contributed by atoms with Crippen LogP contribution in [0.5, 0.6) is 0 Å². The van der Waals surface area contributed by atoms with Gasteiger partial charge < -0.3 is 4.90 Å². The second-order valence-corrected chi connectivity index (χ2v) is 6.70. The van der Waals surface area contributed by atoms with Gasteiger partial charge in [-0.05, 0) is 13.8 Å². The first-order chi connectivity index (χ1) is 9.84. The fourth-order valence-corrected chi connectivity index (χ4v) is 2.50. The molecule has 2 aromatic rings. The molecule has 0 saturated carbocycles. The Morgan fingerprint density at radius 1 is 1.00 bits per heavy atom. The van der Waals surface area contributed by atoms with Crippen molar-refractivity contribution in [1.29, 1.82) is 0 Å². The molecule has 110 valence electrons. The van der Waals surface area contributed by atoms with Crippen molar-refractivity contribution in [1.82, 2.24) is 19.9 Å². The SMILES string of the molecule is Cc1ncc(C)c(N2Cc3cnc(C(C)(C)C)nc3C2)n1. The highest BCUT2D eigenvalue weighted by Gasteiger charge is 2.26. The van der Waals surface area contributed by atoms with Crippen LogP contribution in [0.3, 0.4) is 0 Å². The van der Waals surface area contributed by atoms with Gasteiger partial charge in [0.05, 0.1) is 12.2 Å². The van der Waals surface area contributed by atoms with Crippen molar-refractivity contribution in [2.24, 2.45) is 0 Å². The third-order valence-electron chi connectivity index (χ3n) is 3.69. The van der Waals surface area contributed by atoms with E-state index in [1.165, 1.54) is 5.56 Å². The molecule has 0 atom stereocenters. The van der Waals surface area contributed by atoms with E-state index in [-0.39, 0.29) is 5.41 Å². The molecule has 3 rings (SSSR count). The molecule has 3 heterocycles. The van der Waals surface area contributed by atoms with E-state index in [9.17, 15) is 0 Å². The van der Waals surface area contributed by atoms with Crippen molar-refractivity contribution in [3.05, 3.63) is 40.9 Å². The van der Waals surface area contributed by atoms with Crippen molar-refractivity contribution in [3.63, 3.8) is 0 Å². The highest BCUT2D eigenvalue weighted by molar-refractivity contribution is 5.49. The van der Waals surface area contributed by atoms with E-state index in [0.717, 1.165) is 41.8 Å². The van der Waals surface area contributed by atoms with Crippen LogP contribution >= 0.6 is 0 Å². The zero-order valence-corrected chi connectivity index (χ0v) is 13.3. The third-order valence-corrected chi connectivity index (χ3v) is 3.69. The summed E-state index contributed by atoms with van der Waals surface area (Å²) >= 11 is 0. The van der Waals surface area contributed by atoms with E-state index in [1.54, 1.807) is 0 Å². The molecule has 2 aromatic heterocycles. The molecule has 0 radical (unpaired) electrons. The molecule has 5 heteroatoms. The second-order valence-electron chi connectivity index (χ2n) is 6.70. The van der Waals surface area contributed by atoms with Crippen molar-refractivity contribution in [3.8, 4) is 0 Å². The van der Waals surface area contributed by atoms with Crippen molar-refractivity contribution in [2.75, 3.05) is 4.90 Å². The largest absolute Gasteiger partial charge is 0.346 e.